The molecule has 3 heteroatoms. The van der Waals surface area contributed by atoms with E-state index in [4.69, 9.17) is 5.73 Å². The van der Waals surface area contributed by atoms with Crippen molar-refractivity contribution in [3.8, 4) is 0 Å². The molecular formula is C16H25N3. The Kier molecular flexibility index (Phi) is 4.04. The Bertz CT molecular complexity index is 387. The number of anilines is 1. The van der Waals surface area contributed by atoms with Crippen LogP contribution in [0.15, 0.2) is 24.3 Å². The van der Waals surface area contributed by atoms with Gasteiger partial charge in [0.1, 0.15) is 0 Å². The maximum Gasteiger partial charge on any atom is 0.0366 e. The molecule has 0 amide bonds. The first-order chi connectivity index (χ1) is 9.36. The summed E-state index contributed by atoms with van der Waals surface area (Å²) in [6.45, 7) is 5.69. The smallest absolute Gasteiger partial charge is 0.0366 e. The van der Waals surface area contributed by atoms with Gasteiger partial charge in [-0.15, -0.1) is 0 Å². The van der Waals surface area contributed by atoms with Crippen LogP contribution in [-0.2, 0) is 6.54 Å². The van der Waals surface area contributed by atoms with E-state index in [0.717, 1.165) is 6.04 Å². The molecule has 2 aliphatic rings. The van der Waals surface area contributed by atoms with Gasteiger partial charge in [-0.1, -0.05) is 12.1 Å². The molecule has 0 bridgehead atoms. The summed E-state index contributed by atoms with van der Waals surface area (Å²) < 4.78 is 0. The molecule has 2 aliphatic heterocycles. The summed E-state index contributed by atoms with van der Waals surface area (Å²) in [7, 11) is 0. The van der Waals surface area contributed by atoms with Crippen molar-refractivity contribution in [2.75, 3.05) is 31.1 Å². The molecule has 3 nitrogen and oxygen atoms in total. The lowest BCUT2D eigenvalue weighted by atomic mass is 10.0. The minimum Gasteiger partial charge on any atom is -0.371 e. The maximum absolute atomic E-state index is 5.65. The highest BCUT2D eigenvalue weighted by Gasteiger charge is 2.26. The Morgan fingerprint density at radius 1 is 0.947 bits per heavy atom. The topological polar surface area (TPSA) is 32.5 Å². The van der Waals surface area contributed by atoms with Gasteiger partial charge in [0.15, 0.2) is 0 Å². The van der Waals surface area contributed by atoms with Crippen molar-refractivity contribution < 1.29 is 0 Å². The number of hydrogen-bond acceptors (Lipinski definition) is 3. The van der Waals surface area contributed by atoms with Gasteiger partial charge >= 0.3 is 0 Å². The fourth-order valence-electron chi connectivity index (χ4n) is 3.44. The standard InChI is InChI=1S/C16H25N3/c17-13-14-3-5-15(6-4-14)19-11-7-16(8-12-19)18-9-1-2-10-18/h3-6,16H,1-2,7-13,17H2. The van der Waals surface area contributed by atoms with E-state index < -0.39 is 0 Å². The number of nitrogens with two attached hydrogens (primary N) is 1. The molecule has 1 aromatic carbocycles. The van der Waals surface area contributed by atoms with Crippen LogP contribution in [0.5, 0.6) is 0 Å². The minimum atomic E-state index is 0.636. The molecule has 2 N–H and O–H groups in total. The van der Waals surface area contributed by atoms with Crippen LogP contribution in [0.4, 0.5) is 5.69 Å². The predicted octanol–water partition coefficient (Wildman–Crippen LogP) is 2.21. The molecule has 3 rings (SSSR count). The summed E-state index contributed by atoms with van der Waals surface area (Å²) in [5.41, 5.74) is 8.22. The van der Waals surface area contributed by atoms with Gasteiger partial charge in [-0.3, -0.25) is 0 Å². The molecule has 0 unspecified atom stereocenters. The highest BCUT2D eigenvalue weighted by molar-refractivity contribution is 5.48. The Morgan fingerprint density at radius 3 is 2.16 bits per heavy atom. The molecule has 2 heterocycles. The van der Waals surface area contributed by atoms with Crippen molar-refractivity contribution in [1.82, 2.24) is 4.90 Å². The Labute approximate surface area is 116 Å². The van der Waals surface area contributed by atoms with Gasteiger partial charge in [-0.2, -0.15) is 0 Å². The number of piperidine rings is 1. The summed E-state index contributed by atoms with van der Waals surface area (Å²) >= 11 is 0. The molecule has 19 heavy (non-hydrogen) atoms. The average Bonchev–Trinajstić information content (AvgIpc) is 3.02. The number of rotatable bonds is 3. The number of likely N-dealkylation sites (tertiary alicyclic amines) is 1. The number of nitrogens with zero attached hydrogens (tertiary/aromatic N) is 2. The summed E-state index contributed by atoms with van der Waals surface area (Å²) in [6.07, 6.45) is 5.44. The van der Waals surface area contributed by atoms with E-state index in [1.54, 1.807) is 0 Å². The third-order valence-electron chi connectivity index (χ3n) is 4.66. The van der Waals surface area contributed by atoms with Gasteiger partial charge in [0.2, 0.25) is 0 Å². The Hall–Kier alpha value is -1.06. The van der Waals surface area contributed by atoms with Crippen LogP contribution in [0.2, 0.25) is 0 Å². The predicted molar refractivity (Wildman–Crippen MR) is 80.4 cm³/mol. The third kappa shape index (κ3) is 2.93. The van der Waals surface area contributed by atoms with Gasteiger partial charge in [-0.05, 0) is 56.5 Å². The van der Waals surface area contributed by atoms with Crippen LogP contribution in [-0.4, -0.2) is 37.1 Å². The van der Waals surface area contributed by atoms with E-state index in [1.807, 2.05) is 0 Å². The van der Waals surface area contributed by atoms with Crippen molar-refractivity contribution in [1.29, 1.82) is 0 Å². The molecule has 0 radical (unpaired) electrons. The van der Waals surface area contributed by atoms with E-state index >= 15 is 0 Å². The number of benzene rings is 1. The molecule has 2 saturated heterocycles. The molecule has 1 aromatic rings. The normalized spacial score (nSPS) is 22.1. The van der Waals surface area contributed by atoms with Crippen molar-refractivity contribution in [2.24, 2.45) is 5.73 Å². The van der Waals surface area contributed by atoms with Crippen LogP contribution < -0.4 is 10.6 Å². The second kappa shape index (κ2) is 5.93. The highest BCUT2D eigenvalue weighted by Crippen LogP contribution is 2.25. The molecule has 0 spiro atoms. The largest absolute Gasteiger partial charge is 0.371 e. The average molecular weight is 259 g/mol. The lowest BCUT2D eigenvalue weighted by Crippen LogP contribution is -2.43. The van der Waals surface area contributed by atoms with Crippen LogP contribution in [0.3, 0.4) is 0 Å². The summed E-state index contributed by atoms with van der Waals surface area (Å²) in [5, 5.41) is 0. The van der Waals surface area contributed by atoms with E-state index in [-0.39, 0.29) is 0 Å². The van der Waals surface area contributed by atoms with E-state index in [1.165, 1.54) is 63.1 Å². The molecule has 2 fully saturated rings. The lowest BCUT2D eigenvalue weighted by Gasteiger charge is -2.37. The first-order valence-electron chi connectivity index (χ1n) is 7.65. The zero-order valence-corrected chi connectivity index (χ0v) is 11.7. The zero-order valence-electron chi connectivity index (χ0n) is 11.7. The second-order valence-corrected chi connectivity index (χ2v) is 5.83. The van der Waals surface area contributed by atoms with Gasteiger partial charge in [0.25, 0.3) is 0 Å². The van der Waals surface area contributed by atoms with Gasteiger partial charge in [-0.25, -0.2) is 0 Å². The second-order valence-electron chi connectivity index (χ2n) is 5.83. The third-order valence-corrected chi connectivity index (χ3v) is 4.66. The molecule has 0 aromatic heterocycles. The SMILES string of the molecule is NCc1ccc(N2CCC(N3CCCC3)CC2)cc1. The van der Waals surface area contributed by atoms with E-state index in [0.29, 0.717) is 6.54 Å². The lowest BCUT2D eigenvalue weighted by molar-refractivity contribution is 0.208. The first-order valence-corrected chi connectivity index (χ1v) is 7.65. The quantitative estimate of drug-likeness (QED) is 0.903. The summed E-state index contributed by atoms with van der Waals surface area (Å²) in [5.74, 6) is 0. The fourth-order valence-corrected chi connectivity index (χ4v) is 3.44. The van der Waals surface area contributed by atoms with Crippen molar-refractivity contribution in [3.05, 3.63) is 29.8 Å². The van der Waals surface area contributed by atoms with Gasteiger partial charge < -0.3 is 15.5 Å². The molecule has 0 aliphatic carbocycles. The highest BCUT2D eigenvalue weighted by atomic mass is 15.2. The monoisotopic (exact) mass is 259 g/mol. The Morgan fingerprint density at radius 2 is 1.58 bits per heavy atom. The van der Waals surface area contributed by atoms with Crippen molar-refractivity contribution in [2.45, 2.75) is 38.3 Å². The molecular weight excluding hydrogens is 234 g/mol. The minimum absolute atomic E-state index is 0.636. The number of hydrogen-bond donors (Lipinski definition) is 1. The van der Waals surface area contributed by atoms with E-state index in [2.05, 4.69) is 34.1 Å². The molecule has 0 atom stereocenters. The molecule has 0 saturated carbocycles. The summed E-state index contributed by atoms with van der Waals surface area (Å²) in [4.78, 5) is 5.22. The molecule has 104 valence electrons. The van der Waals surface area contributed by atoms with Crippen molar-refractivity contribution >= 4 is 5.69 Å². The van der Waals surface area contributed by atoms with Crippen LogP contribution in [0, 0.1) is 0 Å². The zero-order chi connectivity index (χ0) is 13.1. The van der Waals surface area contributed by atoms with E-state index in [9.17, 15) is 0 Å². The van der Waals surface area contributed by atoms with Gasteiger partial charge in [0, 0.05) is 31.4 Å². The van der Waals surface area contributed by atoms with Crippen LogP contribution >= 0.6 is 0 Å². The summed E-state index contributed by atoms with van der Waals surface area (Å²) in [6, 6.07) is 9.59. The van der Waals surface area contributed by atoms with Crippen LogP contribution in [0.1, 0.15) is 31.2 Å². The van der Waals surface area contributed by atoms with Crippen LogP contribution in [0.25, 0.3) is 0 Å². The maximum atomic E-state index is 5.65. The first kappa shape index (κ1) is 12.9. The van der Waals surface area contributed by atoms with Gasteiger partial charge in [0.05, 0.1) is 0 Å². The van der Waals surface area contributed by atoms with Crippen molar-refractivity contribution in [3.63, 3.8) is 0 Å². The fraction of sp³-hybridized carbons (Fsp3) is 0.625. The Balaban J connectivity index is 1.56.